The van der Waals surface area contributed by atoms with Gasteiger partial charge in [-0.15, -0.1) is 0 Å². The molecule has 21 heavy (non-hydrogen) atoms. The van der Waals surface area contributed by atoms with Gasteiger partial charge in [0.1, 0.15) is 0 Å². The summed E-state index contributed by atoms with van der Waals surface area (Å²) < 4.78 is 0. The number of hydrogen-bond donors (Lipinski definition) is 1. The molecule has 0 aliphatic rings. The van der Waals surface area contributed by atoms with Crippen molar-refractivity contribution < 1.29 is 4.79 Å². The maximum absolute atomic E-state index is 12.6. The number of nitrogens with two attached hydrogens (primary N) is 1. The molecular formula is C16H16Cl2N2O. The van der Waals surface area contributed by atoms with E-state index in [1.807, 2.05) is 32.0 Å². The van der Waals surface area contributed by atoms with Crippen LogP contribution in [0.2, 0.25) is 10.0 Å². The number of amides is 1. The Kier molecular flexibility index (Phi) is 4.45. The van der Waals surface area contributed by atoms with E-state index >= 15 is 0 Å². The van der Waals surface area contributed by atoms with E-state index in [0.29, 0.717) is 5.56 Å². The lowest BCUT2D eigenvalue weighted by atomic mass is 10.1. The highest BCUT2D eigenvalue weighted by molar-refractivity contribution is 6.39. The third kappa shape index (κ3) is 3.14. The number of anilines is 2. The Labute approximate surface area is 134 Å². The van der Waals surface area contributed by atoms with Crippen LogP contribution in [0.1, 0.15) is 21.5 Å². The van der Waals surface area contributed by atoms with Gasteiger partial charge in [0.15, 0.2) is 0 Å². The van der Waals surface area contributed by atoms with Crippen LogP contribution < -0.4 is 10.6 Å². The average molecular weight is 323 g/mol. The first-order valence-electron chi connectivity index (χ1n) is 6.41. The smallest absolute Gasteiger partial charge is 0.258 e. The zero-order valence-corrected chi connectivity index (χ0v) is 13.6. The summed E-state index contributed by atoms with van der Waals surface area (Å²) in [5.41, 5.74) is 9.39. The zero-order valence-electron chi connectivity index (χ0n) is 12.1. The Hall–Kier alpha value is -1.71. The molecule has 2 N–H and O–H groups in total. The molecule has 0 heterocycles. The number of halogens is 2. The van der Waals surface area contributed by atoms with Gasteiger partial charge in [-0.1, -0.05) is 40.9 Å². The summed E-state index contributed by atoms with van der Waals surface area (Å²) in [4.78, 5) is 14.1. The van der Waals surface area contributed by atoms with Gasteiger partial charge in [-0.3, -0.25) is 4.79 Å². The Balaban J connectivity index is 2.39. The maximum atomic E-state index is 12.6. The van der Waals surface area contributed by atoms with Crippen LogP contribution in [0.15, 0.2) is 30.3 Å². The molecule has 2 aromatic carbocycles. The minimum Gasteiger partial charge on any atom is -0.396 e. The van der Waals surface area contributed by atoms with Crippen molar-refractivity contribution in [2.24, 2.45) is 0 Å². The molecule has 0 bridgehead atoms. The van der Waals surface area contributed by atoms with E-state index in [1.54, 1.807) is 11.9 Å². The SMILES string of the molecule is Cc1ccc(N(C)C(=O)c2cc(Cl)c(N)c(Cl)c2)c(C)c1. The largest absolute Gasteiger partial charge is 0.396 e. The molecule has 5 heteroatoms. The molecule has 0 fully saturated rings. The van der Waals surface area contributed by atoms with Crippen LogP contribution in [0.3, 0.4) is 0 Å². The average Bonchev–Trinajstić information content (AvgIpc) is 2.42. The summed E-state index contributed by atoms with van der Waals surface area (Å²) in [6.45, 7) is 3.98. The fourth-order valence-electron chi connectivity index (χ4n) is 2.19. The number of hydrogen-bond acceptors (Lipinski definition) is 2. The van der Waals surface area contributed by atoms with Crippen molar-refractivity contribution in [2.75, 3.05) is 17.7 Å². The van der Waals surface area contributed by atoms with Crippen LogP contribution in [0, 0.1) is 13.8 Å². The highest BCUT2D eigenvalue weighted by atomic mass is 35.5. The number of carbonyl (C=O) groups is 1. The summed E-state index contributed by atoms with van der Waals surface area (Å²) in [6.07, 6.45) is 0. The monoisotopic (exact) mass is 322 g/mol. The molecule has 0 saturated carbocycles. The molecule has 1 amide bonds. The van der Waals surface area contributed by atoms with Crippen LogP contribution in [-0.2, 0) is 0 Å². The van der Waals surface area contributed by atoms with Crippen molar-refractivity contribution in [2.45, 2.75) is 13.8 Å². The molecule has 2 rings (SSSR count). The third-order valence-electron chi connectivity index (χ3n) is 3.34. The molecule has 0 radical (unpaired) electrons. The van der Waals surface area contributed by atoms with Gasteiger partial charge in [-0.25, -0.2) is 0 Å². The standard InChI is InChI=1S/C16H16Cl2N2O/c1-9-4-5-14(10(2)6-9)20(3)16(21)11-7-12(17)15(19)13(18)8-11/h4-8H,19H2,1-3H3. The Morgan fingerprint density at radius 3 is 2.19 bits per heavy atom. The van der Waals surface area contributed by atoms with Crippen molar-refractivity contribution >= 4 is 40.5 Å². The van der Waals surface area contributed by atoms with Crippen LogP contribution in [-0.4, -0.2) is 13.0 Å². The first-order valence-corrected chi connectivity index (χ1v) is 7.16. The maximum Gasteiger partial charge on any atom is 0.258 e. The van der Waals surface area contributed by atoms with Gasteiger partial charge in [0, 0.05) is 18.3 Å². The van der Waals surface area contributed by atoms with Crippen LogP contribution in [0.25, 0.3) is 0 Å². The number of benzene rings is 2. The summed E-state index contributed by atoms with van der Waals surface area (Å²) >= 11 is 12.0. The molecule has 0 aliphatic heterocycles. The molecule has 0 saturated heterocycles. The lowest BCUT2D eigenvalue weighted by molar-refractivity contribution is 0.0993. The van der Waals surface area contributed by atoms with Crippen molar-refractivity contribution in [1.29, 1.82) is 0 Å². The minimum absolute atomic E-state index is 0.189. The van der Waals surface area contributed by atoms with E-state index < -0.39 is 0 Å². The molecular weight excluding hydrogens is 307 g/mol. The normalized spacial score (nSPS) is 10.5. The fraction of sp³-hybridized carbons (Fsp3) is 0.188. The molecule has 110 valence electrons. The van der Waals surface area contributed by atoms with E-state index in [9.17, 15) is 4.79 Å². The summed E-state index contributed by atoms with van der Waals surface area (Å²) in [5, 5.41) is 0.555. The highest BCUT2D eigenvalue weighted by Crippen LogP contribution is 2.30. The van der Waals surface area contributed by atoms with Crippen LogP contribution in [0.5, 0.6) is 0 Å². The van der Waals surface area contributed by atoms with Gasteiger partial charge in [-0.05, 0) is 37.6 Å². The predicted octanol–water partition coefficient (Wildman–Crippen LogP) is 4.47. The first-order chi connectivity index (χ1) is 9.81. The van der Waals surface area contributed by atoms with Gasteiger partial charge in [0.25, 0.3) is 5.91 Å². The van der Waals surface area contributed by atoms with E-state index in [1.165, 1.54) is 12.1 Å². The van der Waals surface area contributed by atoms with E-state index in [2.05, 4.69) is 0 Å². The topological polar surface area (TPSA) is 46.3 Å². The molecule has 2 aromatic rings. The molecule has 0 aliphatic carbocycles. The lowest BCUT2D eigenvalue weighted by Gasteiger charge is -2.20. The number of nitrogen functional groups attached to an aromatic ring is 1. The minimum atomic E-state index is -0.189. The van der Waals surface area contributed by atoms with Gasteiger partial charge in [0.05, 0.1) is 15.7 Å². The van der Waals surface area contributed by atoms with Crippen LogP contribution in [0.4, 0.5) is 11.4 Å². The number of nitrogens with zero attached hydrogens (tertiary/aromatic N) is 1. The van der Waals surface area contributed by atoms with Crippen molar-refractivity contribution in [3.8, 4) is 0 Å². The molecule has 0 spiro atoms. The summed E-state index contributed by atoms with van der Waals surface area (Å²) in [7, 11) is 1.72. The second kappa shape index (κ2) is 5.96. The van der Waals surface area contributed by atoms with Gasteiger partial charge < -0.3 is 10.6 Å². The van der Waals surface area contributed by atoms with E-state index in [-0.39, 0.29) is 21.6 Å². The predicted molar refractivity (Wildman–Crippen MR) is 89.5 cm³/mol. The van der Waals surface area contributed by atoms with Gasteiger partial charge in [0.2, 0.25) is 0 Å². The van der Waals surface area contributed by atoms with Crippen molar-refractivity contribution in [3.05, 3.63) is 57.1 Å². The molecule has 0 unspecified atom stereocenters. The number of aryl methyl sites for hydroxylation is 2. The van der Waals surface area contributed by atoms with Crippen molar-refractivity contribution in [1.82, 2.24) is 0 Å². The Bertz CT molecular complexity index is 690. The molecule has 3 nitrogen and oxygen atoms in total. The zero-order chi connectivity index (χ0) is 15.7. The third-order valence-corrected chi connectivity index (χ3v) is 3.97. The molecule has 0 atom stereocenters. The highest BCUT2D eigenvalue weighted by Gasteiger charge is 2.17. The second-order valence-corrected chi connectivity index (χ2v) is 5.82. The van der Waals surface area contributed by atoms with E-state index in [0.717, 1.165) is 16.8 Å². The number of carbonyl (C=O) groups excluding carboxylic acids is 1. The van der Waals surface area contributed by atoms with Crippen LogP contribution >= 0.6 is 23.2 Å². The van der Waals surface area contributed by atoms with Gasteiger partial charge >= 0.3 is 0 Å². The summed E-state index contributed by atoms with van der Waals surface area (Å²) in [6, 6.07) is 8.98. The second-order valence-electron chi connectivity index (χ2n) is 5.01. The van der Waals surface area contributed by atoms with Crippen molar-refractivity contribution in [3.63, 3.8) is 0 Å². The van der Waals surface area contributed by atoms with Gasteiger partial charge in [-0.2, -0.15) is 0 Å². The van der Waals surface area contributed by atoms with E-state index in [4.69, 9.17) is 28.9 Å². The Morgan fingerprint density at radius 2 is 1.67 bits per heavy atom. The lowest BCUT2D eigenvalue weighted by Crippen LogP contribution is -2.27. The fourth-order valence-corrected chi connectivity index (χ4v) is 2.68. The summed E-state index contributed by atoms with van der Waals surface area (Å²) in [5.74, 6) is -0.189. The molecule has 0 aromatic heterocycles. The number of rotatable bonds is 2. The quantitative estimate of drug-likeness (QED) is 0.829. The Morgan fingerprint density at radius 1 is 1.10 bits per heavy atom. The first kappa shape index (κ1) is 15.7.